The van der Waals surface area contributed by atoms with Gasteiger partial charge in [-0.2, -0.15) is 0 Å². The van der Waals surface area contributed by atoms with E-state index in [9.17, 15) is 9.59 Å². The zero-order chi connectivity index (χ0) is 25.1. The Hall–Kier alpha value is -4.50. The summed E-state index contributed by atoms with van der Waals surface area (Å²) in [5.41, 5.74) is 5.70. The Morgan fingerprint density at radius 3 is 2.50 bits per heavy atom. The molecule has 0 radical (unpaired) electrons. The third-order valence-electron chi connectivity index (χ3n) is 5.46. The third kappa shape index (κ3) is 5.26. The van der Waals surface area contributed by atoms with E-state index in [0.717, 1.165) is 33.8 Å². The number of thiazole rings is 1. The molecular formula is C27H23N5O3S. The molecule has 2 aromatic carbocycles. The molecule has 0 aliphatic rings. The summed E-state index contributed by atoms with van der Waals surface area (Å²) < 4.78 is 7.83. The highest BCUT2D eigenvalue weighted by molar-refractivity contribution is 7.14. The lowest BCUT2D eigenvalue weighted by Gasteiger charge is -2.06. The number of rotatable bonds is 7. The molecule has 0 saturated carbocycles. The number of benzene rings is 2. The van der Waals surface area contributed by atoms with Crippen LogP contribution in [0.1, 0.15) is 28.5 Å². The molecule has 3 aromatic heterocycles. The fraction of sp³-hybridized carbons (Fsp3) is 0.111. The van der Waals surface area contributed by atoms with E-state index in [0.29, 0.717) is 23.1 Å². The van der Waals surface area contributed by atoms with Gasteiger partial charge in [0, 0.05) is 41.5 Å². The van der Waals surface area contributed by atoms with Gasteiger partial charge in [0.25, 0.3) is 5.91 Å². The minimum Gasteiger partial charge on any atom is -0.487 e. The number of pyridine rings is 1. The van der Waals surface area contributed by atoms with Crippen molar-refractivity contribution >= 4 is 39.6 Å². The largest absolute Gasteiger partial charge is 0.487 e. The highest BCUT2D eigenvalue weighted by Crippen LogP contribution is 2.26. The van der Waals surface area contributed by atoms with Gasteiger partial charge in [0.05, 0.1) is 11.4 Å². The number of aryl methyl sites for hydroxylation is 1. The normalized spacial score (nSPS) is 10.8. The molecule has 2 N–H and O–H groups in total. The molecule has 0 saturated heterocycles. The van der Waals surface area contributed by atoms with Gasteiger partial charge in [-0.15, -0.1) is 11.3 Å². The summed E-state index contributed by atoms with van der Waals surface area (Å²) in [6.45, 7) is 3.82. The lowest BCUT2D eigenvalue weighted by atomic mass is 10.1. The monoisotopic (exact) mass is 497 g/mol. The van der Waals surface area contributed by atoms with Gasteiger partial charge in [-0.3, -0.25) is 14.9 Å². The lowest BCUT2D eigenvalue weighted by Crippen LogP contribution is -2.11. The van der Waals surface area contributed by atoms with Crippen molar-refractivity contribution < 1.29 is 14.3 Å². The maximum Gasteiger partial charge on any atom is 0.257 e. The molecule has 5 rings (SSSR count). The zero-order valence-corrected chi connectivity index (χ0v) is 20.5. The predicted octanol–water partition coefficient (Wildman–Crippen LogP) is 5.56. The Morgan fingerprint density at radius 2 is 1.78 bits per heavy atom. The lowest BCUT2D eigenvalue weighted by molar-refractivity contribution is -0.114. The van der Waals surface area contributed by atoms with Gasteiger partial charge in [0.2, 0.25) is 5.91 Å². The molecule has 2 amide bonds. The van der Waals surface area contributed by atoms with Crippen molar-refractivity contribution in [2.24, 2.45) is 0 Å². The molecule has 36 heavy (non-hydrogen) atoms. The van der Waals surface area contributed by atoms with E-state index in [-0.39, 0.29) is 11.8 Å². The number of carbonyl (C=O) groups is 2. The van der Waals surface area contributed by atoms with Crippen LogP contribution < -0.4 is 15.4 Å². The van der Waals surface area contributed by atoms with Gasteiger partial charge in [-0.25, -0.2) is 9.97 Å². The van der Waals surface area contributed by atoms with E-state index in [1.165, 1.54) is 18.3 Å². The Morgan fingerprint density at radius 1 is 1.00 bits per heavy atom. The molecule has 0 atom stereocenters. The van der Waals surface area contributed by atoms with Gasteiger partial charge in [0.1, 0.15) is 18.0 Å². The van der Waals surface area contributed by atoms with Gasteiger partial charge >= 0.3 is 0 Å². The first-order valence-corrected chi connectivity index (χ1v) is 12.1. The van der Waals surface area contributed by atoms with E-state index in [4.69, 9.17) is 4.74 Å². The number of fused-ring (bicyclic) bond motifs is 1. The summed E-state index contributed by atoms with van der Waals surface area (Å²) in [6, 6.07) is 18.3. The van der Waals surface area contributed by atoms with Crippen LogP contribution in [-0.2, 0) is 11.4 Å². The number of carbonyl (C=O) groups excluding carboxylic acids is 2. The predicted molar refractivity (Wildman–Crippen MR) is 141 cm³/mol. The Balaban J connectivity index is 1.18. The average molecular weight is 498 g/mol. The number of amides is 2. The summed E-state index contributed by atoms with van der Waals surface area (Å²) in [4.78, 5) is 33.0. The topological polar surface area (TPSA) is 97.6 Å². The van der Waals surface area contributed by atoms with Crippen molar-refractivity contribution in [1.82, 2.24) is 14.4 Å². The van der Waals surface area contributed by atoms with Crippen LogP contribution >= 0.6 is 11.3 Å². The number of aromatic nitrogens is 3. The quantitative estimate of drug-likeness (QED) is 0.307. The van der Waals surface area contributed by atoms with Crippen LogP contribution in [0.25, 0.3) is 16.9 Å². The number of nitrogens with zero attached hydrogens (tertiary/aromatic N) is 3. The molecule has 0 aliphatic carbocycles. The van der Waals surface area contributed by atoms with Crippen molar-refractivity contribution in [2.75, 3.05) is 10.6 Å². The number of anilines is 2. The van der Waals surface area contributed by atoms with E-state index in [1.54, 1.807) is 24.3 Å². The molecule has 0 fully saturated rings. The minimum atomic E-state index is -0.251. The number of hydrogen-bond acceptors (Lipinski definition) is 6. The average Bonchev–Trinajstić information content (AvgIpc) is 3.51. The van der Waals surface area contributed by atoms with E-state index < -0.39 is 0 Å². The van der Waals surface area contributed by atoms with Crippen molar-refractivity contribution in [2.45, 2.75) is 20.5 Å². The molecule has 5 aromatic rings. The van der Waals surface area contributed by atoms with Crippen LogP contribution in [0.15, 0.2) is 78.4 Å². The molecular weight excluding hydrogens is 474 g/mol. The third-order valence-corrected chi connectivity index (χ3v) is 6.21. The van der Waals surface area contributed by atoms with Crippen molar-refractivity contribution in [3.63, 3.8) is 0 Å². The van der Waals surface area contributed by atoms with Crippen LogP contribution in [-0.4, -0.2) is 26.2 Å². The molecule has 8 nitrogen and oxygen atoms in total. The summed E-state index contributed by atoms with van der Waals surface area (Å²) in [5.74, 6) is 0.279. The van der Waals surface area contributed by atoms with Crippen LogP contribution in [0.3, 0.4) is 0 Å². The second kappa shape index (κ2) is 10.0. The van der Waals surface area contributed by atoms with Gasteiger partial charge in [-0.1, -0.05) is 18.2 Å². The first-order valence-electron chi connectivity index (χ1n) is 11.3. The molecule has 0 aliphatic heterocycles. The van der Waals surface area contributed by atoms with Crippen LogP contribution in [0.2, 0.25) is 0 Å². The van der Waals surface area contributed by atoms with Crippen LogP contribution in [0, 0.1) is 6.92 Å². The standard InChI is InChI=1S/C27H23N5O3S/c1-17-4-3-13-32-14-22(29-25(17)32)15-35-23-11-7-20(8-12-23)26(34)31-27-30-24(16-36-27)19-5-9-21(10-6-19)28-18(2)33/h3-14,16H,15H2,1-2H3,(H,28,33)(H,30,31,34). The number of ether oxygens (including phenoxy) is 1. The summed E-state index contributed by atoms with van der Waals surface area (Å²) in [6.07, 6.45) is 3.91. The molecule has 180 valence electrons. The Bertz CT molecular complexity index is 1540. The van der Waals surface area contributed by atoms with Gasteiger partial charge < -0.3 is 14.5 Å². The Labute approximate surface area is 211 Å². The summed E-state index contributed by atoms with van der Waals surface area (Å²) in [7, 11) is 0. The van der Waals surface area contributed by atoms with Crippen molar-refractivity contribution in [3.8, 4) is 17.0 Å². The minimum absolute atomic E-state index is 0.122. The fourth-order valence-electron chi connectivity index (χ4n) is 3.69. The smallest absolute Gasteiger partial charge is 0.257 e. The van der Waals surface area contributed by atoms with Crippen molar-refractivity contribution in [1.29, 1.82) is 0 Å². The maximum atomic E-state index is 12.7. The first kappa shape index (κ1) is 23.3. The molecule has 0 bridgehead atoms. The van der Waals surface area contributed by atoms with E-state index in [1.807, 2.05) is 65.5 Å². The molecule has 0 spiro atoms. The summed E-state index contributed by atoms with van der Waals surface area (Å²) in [5, 5.41) is 7.95. The SMILES string of the molecule is CC(=O)Nc1ccc(-c2csc(NC(=O)c3ccc(OCc4cn5cccc(C)c5n4)cc3)n2)cc1. The second-order valence-corrected chi connectivity index (χ2v) is 9.08. The van der Waals surface area contributed by atoms with Gasteiger partial charge in [0.15, 0.2) is 5.13 Å². The number of imidazole rings is 1. The Kier molecular flexibility index (Phi) is 6.46. The van der Waals surface area contributed by atoms with Crippen molar-refractivity contribution in [3.05, 3.63) is 95.3 Å². The van der Waals surface area contributed by atoms with Crippen LogP contribution in [0.4, 0.5) is 10.8 Å². The first-order chi connectivity index (χ1) is 17.4. The number of nitrogens with one attached hydrogen (secondary N) is 2. The summed E-state index contributed by atoms with van der Waals surface area (Å²) >= 11 is 1.35. The molecule has 0 unspecified atom stereocenters. The number of hydrogen-bond donors (Lipinski definition) is 2. The van der Waals surface area contributed by atoms with Crippen LogP contribution in [0.5, 0.6) is 5.75 Å². The van der Waals surface area contributed by atoms with E-state index >= 15 is 0 Å². The van der Waals surface area contributed by atoms with E-state index in [2.05, 4.69) is 20.6 Å². The highest BCUT2D eigenvalue weighted by Gasteiger charge is 2.11. The second-order valence-electron chi connectivity index (χ2n) is 8.22. The molecule has 3 heterocycles. The zero-order valence-electron chi connectivity index (χ0n) is 19.7. The highest BCUT2D eigenvalue weighted by atomic mass is 32.1. The van der Waals surface area contributed by atoms with Gasteiger partial charge in [-0.05, 0) is 55.0 Å². The maximum absolute atomic E-state index is 12.7. The fourth-order valence-corrected chi connectivity index (χ4v) is 4.41. The molecule has 9 heteroatoms.